The maximum atomic E-state index is 12.6. The van der Waals surface area contributed by atoms with Gasteiger partial charge in [0.25, 0.3) is 5.91 Å². The van der Waals surface area contributed by atoms with Crippen LogP contribution in [0.4, 0.5) is 5.69 Å². The maximum Gasteiger partial charge on any atom is 0.255 e. The van der Waals surface area contributed by atoms with Crippen LogP contribution in [0.5, 0.6) is 5.75 Å². The Hall–Kier alpha value is -2.18. The molecule has 1 aliphatic rings. The number of likely N-dealkylation sites (tertiary alicyclic amines) is 1. The highest BCUT2D eigenvalue weighted by molar-refractivity contribution is 6.33. The molecule has 1 saturated heterocycles. The molecule has 3 rings (SSSR count). The predicted molar refractivity (Wildman–Crippen MR) is 96.9 cm³/mol. The maximum absolute atomic E-state index is 12.6. The molecule has 3 N–H and O–H groups in total. The predicted octanol–water partition coefficient (Wildman–Crippen LogP) is 2.92. The number of ether oxygens (including phenoxy) is 1. The zero-order valence-electron chi connectivity index (χ0n) is 14.1. The van der Waals surface area contributed by atoms with Crippen molar-refractivity contribution in [2.45, 2.75) is 25.4 Å². The highest BCUT2D eigenvalue weighted by Gasteiger charge is 2.23. The van der Waals surface area contributed by atoms with Crippen molar-refractivity contribution in [1.82, 2.24) is 10.2 Å². The van der Waals surface area contributed by atoms with Gasteiger partial charge in [-0.1, -0.05) is 11.6 Å². The minimum atomic E-state index is -0.191. The van der Waals surface area contributed by atoms with Crippen LogP contribution in [-0.2, 0) is 6.54 Å². The molecule has 6 nitrogen and oxygen atoms in total. The Morgan fingerprint density at radius 3 is 2.84 bits per heavy atom. The van der Waals surface area contributed by atoms with Gasteiger partial charge < -0.3 is 20.2 Å². The minimum Gasteiger partial charge on any atom is -0.496 e. The lowest BCUT2D eigenvalue weighted by atomic mass is 10.0. The van der Waals surface area contributed by atoms with Crippen molar-refractivity contribution >= 4 is 23.2 Å². The third kappa shape index (κ3) is 4.27. The van der Waals surface area contributed by atoms with E-state index >= 15 is 0 Å². The summed E-state index contributed by atoms with van der Waals surface area (Å²) in [5.41, 5.74) is 6.56. The molecular formula is C18H22ClN3O3. The van der Waals surface area contributed by atoms with Gasteiger partial charge >= 0.3 is 0 Å². The molecule has 0 aliphatic carbocycles. The zero-order valence-corrected chi connectivity index (χ0v) is 14.9. The van der Waals surface area contributed by atoms with Gasteiger partial charge in [-0.15, -0.1) is 0 Å². The van der Waals surface area contributed by atoms with E-state index in [0.29, 0.717) is 22.0 Å². The molecule has 1 amide bonds. The number of rotatable bonds is 5. The second-order valence-electron chi connectivity index (χ2n) is 6.18. The van der Waals surface area contributed by atoms with Crippen molar-refractivity contribution in [3.63, 3.8) is 0 Å². The number of nitrogens with two attached hydrogens (primary N) is 1. The molecule has 25 heavy (non-hydrogen) atoms. The van der Waals surface area contributed by atoms with Crippen molar-refractivity contribution < 1.29 is 13.9 Å². The molecule has 134 valence electrons. The van der Waals surface area contributed by atoms with E-state index in [-0.39, 0.29) is 11.9 Å². The molecule has 0 radical (unpaired) electrons. The summed E-state index contributed by atoms with van der Waals surface area (Å²) in [5, 5.41) is 3.41. The summed E-state index contributed by atoms with van der Waals surface area (Å²) in [6.07, 6.45) is 3.46. The Morgan fingerprint density at radius 2 is 2.20 bits per heavy atom. The fourth-order valence-corrected chi connectivity index (χ4v) is 3.20. The van der Waals surface area contributed by atoms with E-state index in [1.807, 2.05) is 12.1 Å². The molecule has 1 aromatic carbocycles. The molecule has 0 atom stereocenters. The van der Waals surface area contributed by atoms with Crippen LogP contribution in [0.3, 0.4) is 0 Å². The summed E-state index contributed by atoms with van der Waals surface area (Å²) in [6, 6.07) is 7.13. The van der Waals surface area contributed by atoms with E-state index < -0.39 is 0 Å². The Bertz CT molecular complexity index is 725. The van der Waals surface area contributed by atoms with Crippen LogP contribution in [0.25, 0.3) is 0 Å². The molecule has 2 heterocycles. The number of carbonyl (C=O) groups excluding carboxylic acids is 1. The summed E-state index contributed by atoms with van der Waals surface area (Å²) in [6.45, 7) is 2.62. The van der Waals surface area contributed by atoms with Crippen LogP contribution >= 0.6 is 11.6 Å². The normalized spacial score (nSPS) is 15.9. The highest BCUT2D eigenvalue weighted by atomic mass is 35.5. The molecule has 1 aliphatic heterocycles. The molecule has 0 bridgehead atoms. The van der Waals surface area contributed by atoms with Crippen LogP contribution in [0.1, 0.15) is 29.0 Å². The molecule has 2 aromatic rings. The summed E-state index contributed by atoms with van der Waals surface area (Å²) in [5.74, 6) is 1.20. The minimum absolute atomic E-state index is 0.126. The van der Waals surface area contributed by atoms with Crippen molar-refractivity contribution in [3.05, 3.63) is 46.9 Å². The Morgan fingerprint density at radius 1 is 1.44 bits per heavy atom. The number of nitrogen functional groups attached to an aromatic ring is 1. The number of carbonyl (C=O) groups is 1. The SMILES string of the molecule is COc1cc(N)c(Cl)cc1C(=O)NC1CCN(Cc2ccco2)CC1. The molecular weight excluding hydrogens is 342 g/mol. The summed E-state index contributed by atoms with van der Waals surface area (Å²) in [4.78, 5) is 14.9. The van der Waals surface area contributed by atoms with Crippen LogP contribution in [0.2, 0.25) is 5.02 Å². The molecule has 0 unspecified atom stereocenters. The Balaban J connectivity index is 1.57. The van der Waals surface area contributed by atoms with Crippen molar-refractivity contribution in [2.24, 2.45) is 0 Å². The number of nitrogens with zero attached hydrogens (tertiary/aromatic N) is 1. The number of benzene rings is 1. The number of piperidine rings is 1. The monoisotopic (exact) mass is 363 g/mol. The van der Waals surface area contributed by atoms with Gasteiger partial charge in [0.15, 0.2) is 0 Å². The zero-order chi connectivity index (χ0) is 17.8. The van der Waals surface area contributed by atoms with Crippen LogP contribution in [-0.4, -0.2) is 37.0 Å². The topological polar surface area (TPSA) is 80.7 Å². The van der Waals surface area contributed by atoms with Gasteiger partial charge in [-0.3, -0.25) is 9.69 Å². The average Bonchev–Trinajstić information content (AvgIpc) is 3.11. The third-order valence-electron chi connectivity index (χ3n) is 4.45. The van der Waals surface area contributed by atoms with Gasteiger partial charge in [0, 0.05) is 25.2 Å². The number of furan rings is 1. The van der Waals surface area contributed by atoms with Crippen molar-refractivity contribution in [3.8, 4) is 5.75 Å². The van der Waals surface area contributed by atoms with Crippen LogP contribution in [0.15, 0.2) is 34.9 Å². The van der Waals surface area contributed by atoms with Crippen LogP contribution in [0, 0.1) is 0 Å². The lowest BCUT2D eigenvalue weighted by Gasteiger charge is -2.31. The second kappa shape index (κ2) is 7.80. The quantitative estimate of drug-likeness (QED) is 0.798. The number of anilines is 1. The average molecular weight is 364 g/mol. The lowest BCUT2D eigenvalue weighted by molar-refractivity contribution is 0.0903. The number of methoxy groups -OCH3 is 1. The number of hydrogen-bond acceptors (Lipinski definition) is 5. The first-order valence-electron chi connectivity index (χ1n) is 8.25. The van der Waals surface area contributed by atoms with E-state index in [0.717, 1.165) is 38.2 Å². The van der Waals surface area contributed by atoms with E-state index in [9.17, 15) is 4.79 Å². The molecule has 7 heteroatoms. The fraction of sp³-hybridized carbons (Fsp3) is 0.389. The molecule has 0 spiro atoms. The molecule has 0 saturated carbocycles. The molecule has 1 fully saturated rings. The number of hydrogen-bond donors (Lipinski definition) is 2. The van der Waals surface area contributed by atoms with Crippen molar-refractivity contribution in [2.75, 3.05) is 25.9 Å². The van der Waals surface area contributed by atoms with Gasteiger partial charge in [0.2, 0.25) is 0 Å². The van der Waals surface area contributed by atoms with Crippen LogP contribution < -0.4 is 15.8 Å². The first-order chi connectivity index (χ1) is 12.1. The summed E-state index contributed by atoms with van der Waals surface area (Å²) < 4.78 is 10.6. The lowest BCUT2D eigenvalue weighted by Crippen LogP contribution is -2.44. The first kappa shape index (κ1) is 17.6. The van der Waals surface area contributed by atoms with Gasteiger partial charge in [0.1, 0.15) is 11.5 Å². The molecule has 1 aromatic heterocycles. The van der Waals surface area contributed by atoms with E-state index in [2.05, 4.69) is 10.2 Å². The van der Waals surface area contributed by atoms with E-state index in [4.69, 9.17) is 26.5 Å². The standard InChI is InChI=1S/C18H22ClN3O3/c1-24-17-10-16(20)15(19)9-14(17)18(23)21-12-4-6-22(7-5-12)11-13-3-2-8-25-13/h2-3,8-10,12H,4-7,11,20H2,1H3,(H,21,23). The third-order valence-corrected chi connectivity index (χ3v) is 4.77. The summed E-state index contributed by atoms with van der Waals surface area (Å²) >= 11 is 6.04. The van der Waals surface area contributed by atoms with E-state index in [1.54, 1.807) is 18.4 Å². The highest BCUT2D eigenvalue weighted by Crippen LogP contribution is 2.29. The Kier molecular flexibility index (Phi) is 5.50. The smallest absolute Gasteiger partial charge is 0.255 e. The summed E-state index contributed by atoms with van der Waals surface area (Å²) in [7, 11) is 1.51. The van der Waals surface area contributed by atoms with Gasteiger partial charge in [-0.05, 0) is 31.0 Å². The second-order valence-corrected chi connectivity index (χ2v) is 6.58. The number of amides is 1. The van der Waals surface area contributed by atoms with Crippen molar-refractivity contribution in [1.29, 1.82) is 0 Å². The van der Waals surface area contributed by atoms with E-state index in [1.165, 1.54) is 7.11 Å². The largest absolute Gasteiger partial charge is 0.496 e. The number of halogens is 1. The van der Waals surface area contributed by atoms with Gasteiger partial charge in [-0.25, -0.2) is 0 Å². The van der Waals surface area contributed by atoms with Gasteiger partial charge in [-0.2, -0.15) is 0 Å². The fourth-order valence-electron chi connectivity index (χ4n) is 3.04. The number of nitrogens with one attached hydrogen (secondary N) is 1. The van der Waals surface area contributed by atoms with Gasteiger partial charge in [0.05, 0.1) is 36.2 Å². The Labute approximate surface area is 151 Å². The first-order valence-corrected chi connectivity index (χ1v) is 8.63.